The van der Waals surface area contributed by atoms with Crippen molar-refractivity contribution in [2.45, 2.75) is 32.9 Å². The highest BCUT2D eigenvalue weighted by molar-refractivity contribution is 14.0. The fourth-order valence-corrected chi connectivity index (χ4v) is 1.63. The number of hydrogen-bond acceptors (Lipinski definition) is 2. The maximum atomic E-state index is 13.6. The predicted molar refractivity (Wildman–Crippen MR) is 95.6 cm³/mol. The summed E-state index contributed by atoms with van der Waals surface area (Å²) in [6.07, 6.45) is 0. The number of halogens is 5. The fourth-order valence-electron chi connectivity index (χ4n) is 1.63. The van der Waals surface area contributed by atoms with E-state index in [0.717, 1.165) is 0 Å². The minimum absolute atomic E-state index is 0. The Balaban J connectivity index is 0.00000529. The Hall–Kier alpha value is -1.10. The van der Waals surface area contributed by atoms with E-state index in [4.69, 9.17) is 4.74 Å². The minimum Gasteiger partial charge on any atom is -0.377 e. The third kappa shape index (κ3) is 6.42. The summed E-state index contributed by atoms with van der Waals surface area (Å²) in [5.41, 5.74) is -1.25. The summed E-state index contributed by atoms with van der Waals surface area (Å²) < 4.78 is 58.8. The van der Waals surface area contributed by atoms with Crippen LogP contribution in [0.2, 0.25) is 0 Å². The number of rotatable bonds is 6. The first-order valence-corrected chi connectivity index (χ1v) is 7.11. The predicted octanol–water partition coefficient (Wildman–Crippen LogP) is 3.34. The zero-order valence-corrected chi connectivity index (χ0v) is 16.3. The largest absolute Gasteiger partial charge is 0.377 e. The van der Waals surface area contributed by atoms with Gasteiger partial charge in [0, 0.05) is 26.3 Å². The molecule has 0 aliphatic heterocycles. The molecule has 0 aliphatic carbocycles. The molecule has 0 heterocycles. The Bertz CT molecular complexity index is 556. The van der Waals surface area contributed by atoms with Crippen molar-refractivity contribution in [3.05, 3.63) is 34.9 Å². The van der Waals surface area contributed by atoms with Gasteiger partial charge in [-0.1, -0.05) is 0 Å². The van der Waals surface area contributed by atoms with Crippen molar-refractivity contribution in [1.29, 1.82) is 0 Å². The van der Waals surface area contributed by atoms with E-state index in [1.54, 1.807) is 7.11 Å². The van der Waals surface area contributed by atoms with Crippen LogP contribution in [0.15, 0.2) is 11.1 Å². The topological polar surface area (TPSA) is 45.7 Å². The first-order valence-electron chi connectivity index (χ1n) is 7.11. The molecule has 0 aromatic heterocycles. The number of aliphatic imine (C=N–C) groups is 1. The monoisotopic (exact) mass is 463 g/mol. The van der Waals surface area contributed by atoms with Gasteiger partial charge in [0.25, 0.3) is 0 Å². The summed E-state index contributed by atoms with van der Waals surface area (Å²) in [5.74, 6) is -5.54. The molecule has 24 heavy (non-hydrogen) atoms. The van der Waals surface area contributed by atoms with Gasteiger partial charge in [0.15, 0.2) is 29.2 Å². The smallest absolute Gasteiger partial charge is 0.191 e. The lowest BCUT2D eigenvalue weighted by molar-refractivity contribution is 0.0268. The summed E-state index contributed by atoms with van der Waals surface area (Å²) >= 11 is 0. The Labute approximate surface area is 156 Å². The number of hydrogen-bond donors (Lipinski definition) is 2. The lowest BCUT2D eigenvalue weighted by Crippen LogP contribution is -2.45. The van der Waals surface area contributed by atoms with E-state index in [2.05, 4.69) is 15.6 Å². The SMILES string of the molecule is CCNC(=NCc1c(F)c(F)cc(F)c1F)NCC(C)(C)OC.I. The van der Waals surface area contributed by atoms with E-state index in [1.165, 1.54) is 0 Å². The molecule has 0 saturated carbocycles. The van der Waals surface area contributed by atoms with Gasteiger partial charge < -0.3 is 15.4 Å². The number of nitrogens with one attached hydrogen (secondary N) is 2. The number of methoxy groups -OCH3 is 1. The third-order valence-electron chi connectivity index (χ3n) is 3.18. The highest BCUT2D eigenvalue weighted by atomic mass is 127. The van der Waals surface area contributed by atoms with Crippen molar-refractivity contribution in [1.82, 2.24) is 10.6 Å². The van der Waals surface area contributed by atoms with Crippen LogP contribution in [-0.4, -0.2) is 31.8 Å². The molecule has 0 spiro atoms. The van der Waals surface area contributed by atoms with Gasteiger partial charge in [-0.2, -0.15) is 0 Å². The van der Waals surface area contributed by atoms with Crippen LogP contribution in [0.5, 0.6) is 0 Å². The van der Waals surface area contributed by atoms with Crippen LogP contribution in [-0.2, 0) is 11.3 Å². The van der Waals surface area contributed by atoms with Crippen LogP contribution in [0.1, 0.15) is 26.3 Å². The molecule has 1 rings (SSSR count). The maximum absolute atomic E-state index is 13.6. The summed E-state index contributed by atoms with van der Waals surface area (Å²) in [4.78, 5) is 3.95. The molecular weight excluding hydrogens is 441 g/mol. The molecule has 4 nitrogen and oxygen atoms in total. The molecule has 0 saturated heterocycles. The Morgan fingerprint density at radius 2 is 1.67 bits per heavy atom. The zero-order chi connectivity index (χ0) is 17.6. The second-order valence-electron chi connectivity index (χ2n) is 5.46. The number of ether oxygens (including phenoxy) is 1. The van der Waals surface area contributed by atoms with Crippen LogP contribution >= 0.6 is 24.0 Å². The van der Waals surface area contributed by atoms with Gasteiger partial charge in [0.2, 0.25) is 0 Å². The molecule has 0 atom stereocenters. The maximum Gasteiger partial charge on any atom is 0.191 e. The molecule has 0 unspecified atom stereocenters. The average Bonchev–Trinajstić information content (AvgIpc) is 2.50. The summed E-state index contributed by atoms with van der Waals surface area (Å²) in [7, 11) is 1.55. The molecule has 0 radical (unpaired) electrons. The molecule has 0 bridgehead atoms. The van der Waals surface area contributed by atoms with E-state index in [0.29, 0.717) is 13.1 Å². The van der Waals surface area contributed by atoms with Gasteiger partial charge >= 0.3 is 0 Å². The summed E-state index contributed by atoms with van der Waals surface area (Å²) in [6, 6.07) is 0.169. The summed E-state index contributed by atoms with van der Waals surface area (Å²) in [5, 5.41) is 5.80. The Kier molecular flexibility index (Phi) is 9.56. The van der Waals surface area contributed by atoms with Crippen molar-refractivity contribution in [2.75, 3.05) is 20.2 Å². The lowest BCUT2D eigenvalue weighted by Gasteiger charge is -2.24. The van der Waals surface area contributed by atoms with Crippen molar-refractivity contribution >= 4 is 29.9 Å². The lowest BCUT2D eigenvalue weighted by atomic mass is 10.1. The van der Waals surface area contributed by atoms with E-state index < -0.39 is 41.0 Å². The second kappa shape index (κ2) is 10.0. The second-order valence-corrected chi connectivity index (χ2v) is 5.46. The van der Waals surface area contributed by atoms with Crippen molar-refractivity contribution < 1.29 is 22.3 Å². The normalized spacial score (nSPS) is 11.9. The number of benzene rings is 1. The van der Waals surface area contributed by atoms with Gasteiger partial charge in [-0.3, -0.25) is 0 Å². The van der Waals surface area contributed by atoms with E-state index in [-0.39, 0.29) is 36.0 Å². The van der Waals surface area contributed by atoms with Crippen LogP contribution in [0.4, 0.5) is 17.6 Å². The van der Waals surface area contributed by atoms with Gasteiger partial charge in [-0.25, -0.2) is 22.6 Å². The van der Waals surface area contributed by atoms with E-state index >= 15 is 0 Å². The Morgan fingerprint density at radius 3 is 2.12 bits per heavy atom. The van der Waals surface area contributed by atoms with Crippen LogP contribution in [0.3, 0.4) is 0 Å². The fraction of sp³-hybridized carbons (Fsp3) is 0.533. The van der Waals surface area contributed by atoms with Crippen molar-refractivity contribution in [3.63, 3.8) is 0 Å². The van der Waals surface area contributed by atoms with E-state index in [9.17, 15) is 17.6 Å². The highest BCUT2D eigenvalue weighted by Gasteiger charge is 2.19. The number of guanidine groups is 1. The quantitative estimate of drug-likeness (QED) is 0.224. The highest BCUT2D eigenvalue weighted by Crippen LogP contribution is 2.20. The molecule has 138 valence electrons. The molecule has 1 aromatic rings. The molecule has 9 heteroatoms. The summed E-state index contributed by atoms with van der Waals surface area (Å²) in [6.45, 7) is 5.81. The van der Waals surface area contributed by atoms with Gasteiger partial charge in [0.1, 0.15) is 0 Å². The van der Waals surface area contributed by atoms with E-state index in [1.807, 2.05) is 20.8 Å². The molecule has 0 aliphatic rings. The average molecular weight is 463 g/mol. The first kappa shape index (κ1) is 22.9. The van der Waals surface area contributed by atoms with Crippen LogP contribution < -0.4 is 10.6 Å². The molecular formula is C15H22F4IN3O. The first-order chi connectivity index (χ1) is 10.7. The van der Waals surface area contributed by atoms with Crippen molar-refractivity contribution in [2.24, 2.45) is 4.99 Å². The minimum atomic E-state index is -1.45. The van der Waals surface area contributed by atoms with Gasteiger partial charge in [-0.15, -0.1) is 24.0 Å². The Morgan fingerprint density at radius 1 is 1.12 bits per heavy atom. The van der Waals surface area contributed by atoms with Crippen LogP contribution in [0.25, 0.3) is 0 Å². The van der Waals surface area contributed by atoms with Gasteiger partial charge in [0.05, 0.1) is 17.7 Å². The van der Waals surface area contributed by atoms with Gasteiger partial charge in [-0.05, 0) is 20.8 Å². The molecule has 2 N–H and O–H groups in total. The standard InChI is InChI=1S/C15H21F4N3O.HI/c1-5-20-14(22-8-15(2,3)23-4)21-7-9-12(18)10(16)6-11(17)13(9)19;/h6H,5,7-8H2,1-4H3,(H2,20,21,22);1H. The van der Waals surface area contributed by atoms with Crippen molar-refractivity contribution in [3.8, 4) is 0 Å². The number of nitrogens with zero attached hydrogens (tertiary/aromatic N) is 1. The third-order valence-corrected chi connectivity index (χ3v) is 3.18. The molecule has 0 amide bonds. The molecule has 1 aromatic carbocycles. The zero-order valence-electron chi connectivity index (χ0n) is 14.0. The van der Waals surface area contributed by atoms with Crippen LogP contribution in [0, 0.1) is 23.3 Å². The molecule has 0 fully saturated rings.